The van der Waals surface area contributed by atoms with Gasteiger partial charge < -0.3 is 35.7 Å². The molecule has 35 heavy (non-hydrogen) atoms. The van der Waals surface area contributed by atoms with Gasteiger partial charge in [0.2, 0.25) is 17.6 Å². The second-order valence-electron chi connectivity index (χ2n) is 7.43. The molecule has 12 nitrogen and oxygen atoms in total. The normalized spacial score (nSPS) is 11.5. The molecule has 1 atom stereocenters. The Labute approximate surface area is 202 Å². The van der Waals surface area contributed by atoms with Crippen molar-refractivity contribution in [2.45, 2.75) is 18.9 Å². The van der Waals surface area contributed by atoms with Crippen LogP contribution in [0.1, 0.15) is 12.8 Å². The van der Waals surface area contributed by atoms with Crippen molar-refractivity contribution in [2.24, 2.45) is 11.5 Å². The number of nitrogens with two attached hydrogens (primary N) is 2. The van der Waals surface area contributed by atoms with Gasteiger partial charge in [0, 0.05) is 24.1 Å². The maximum Gasteiger partial charge on any atom is 0.241 e. The molecular formula is C23H28N6O6. The fourth-order valence-electron chi connectivity index (χ4n) is 3.43. The SMILES string of the molecule is COc1ccc(-c2cnnn2-c2cc(OC)c(OC)c(OC)c2)cc1NC(=O)C(N)CCC(N)=O. The lowest BCUT2D eigenvalue weighted by Gasteiger charge is -2.16. The molecule has 1 aromatic heterocycles. The van der Waals surface area contributed by atoms with Crippen LogP contribution in [0.4, 0.5) is 5.69 Å². The predicted octanol–water partition coefficient (Wildman–Crippen LogP) is 1.50. The van der Waals surface area contributed by atoms with E-state index in [0.717, 1.165) is 0 Å². The van der Waals surface area contributed by atoms with E-state index in [9.17, 15) is 9.59 Å². The number of benzene rings is 2. The number of anilines is 1. The monoisotopic (exact) mass is 484 g/mol. The number of ether oxygens (including phenoxy) is 4. The Bertz CT molecular complexity index is 1190. The third kappa shape index (κ3) is 5.61. The number of methoxy groups -OCH3 is 4. The van der Waals surface area contributed by atoms with Crippen LogP contribution >= 0.6 is 0 Å². The fourth-order valence-corrected chi connectivity index (χ4v) is 3.43. The van der Waals surface area contributed by atoms with Crippen LogP contribution in [-0.2, 0) is 9.59 Å². The van der Waals surface area contributed by atoms with E-state index in [1.807, 2.05) is 0 Å². The highest BCUT2D eigenvalue weighted by Crippen LogP contribution is 2.40. The zero-order valence-corrected chi connectivity index (χ0v) is 19.9. The molecule has 12 heteroatoms. The molecular weight excluding hydrogens is 456 g/mol. The first-order chi connectivity index (χ1) is 16.8. The van der Waals surface area contributed by atoms with Gasteiger partial charge in [0.1, 0.15) is 5.75 Å². The maximum absolute atomic E-state index is 12.6. The Hall–Kier alpha value is -4.32. The highest BCUT2D eigenvalue weighted by atomic mass is 16.5. The van der Waals surface area contributed by atoms with Gasteiger partial charge in [0.15, 0.2) is 11.5 Å². The molecule has 186 valence electrons. The second kappa shape index (κ2) is 11.2. The highest BCUT2D eigenvalue weighted by molar-refractivity contribution is 5.97. The minimum Gasteiger partial charge on any atom is -0.495 e. The Kier molecular flexibility index (Phi) is 8.10. The van der Waals surface area contributed by atoms with Crippen molar-refractivity contribution in [3.8, 4) is 39.9 Å². The average Bonchev–Trinajstić information content (AvgIpc) is 3.36. The van der Waals surface area contributed by atoms with Crippen LogP contribution in [-0.4, -0.2) is 61.3 Å². The van der Waals surface area contributed by atoms with Crippen molar-refractivity contribution in [2.75, 3.05) is 33.8 Å². The third-order valence-corrected chi connectivity index (χ3v) is 5.23. The number of hydrogen-bond acceptors (Lipinski definition) is 9. The van der Waals surface area contributed by atoms with E-state index < -0.39 is 17.9 Å². The lowest BCUT2D eigenvalue weighted by molar-refractivity contribution is -0.119. The Morgan fingerprint density at radius 1 is 1.00 bits per heavy atom. The number of carbonyl (C=O) groups is 2. The number of nitrogens with zero attached hydrogens (tertiary/aromatic N) is 3. The number of rotatable bonds is 11. The van der Waals surface area contributed by atoms with Crippen molar-refractivity contribution >= 4 is 17.5 Å². The van der Waals surface area contributed by atoms with Crippen molar-refractivity contribution in [1.29, 1.82) is 0 Å². The Morgan fingerprint density at radius 2 is 1.66 bits per heavy atom. The predicted molar refractivity (Wildman–Crippen MR) is 128 cm³/mol. The molecule has 0 saturated heterocycles. The van der Waals surface area contributed by atoms with Crippen molar-refractivity contribution in [1.82, 2.24) is 15.0 Å². The van der Waals surface area contributed by atoms with Gasteiger partial charge in [-0.15, -0.1) is 5.10 Å². The van der Waals surface area contributed by atoms with Gasteiger partial charge in [-0.1, -0.05) is 5.21 Å². The molecule has 0 saturated carbocycles. The van der Waals surface area contributed by atoms with Crippen LogP contribution in [0.5, 0.6) is 23.0 Å². The highest BCUT2D eigenvalue weighted by Gasteiger charge is 2.20. The lowest BCUT2D eigenvalue weighted by Crippen LogP contribution is -2.36. The minimum atomic E-state index is -0.915. The number of hydrogen-bond donors (Lipinski definition) is 3. The lowest BCUT2D eigenvalue weighted by atomic mass is 10.1. The van der Waals surface area contributed by atoms with Gasteiger partial charge >= 0.3 is 0 Å². The van der Waals surface area contributed by atoms with Gasteiger partial charge in [-0.3, -0.25) is 9.59 Å². The summed E-state index contributed by atoms with van der Waals surface area (Å²) in [4.78, 5) is 23.6. The van der Waals surface area contributed by atoms with Crippen LogP contribution in [0, 0.1) is 0 Å². The summed E-state index contributed by atoms with van der Waals surface area (Å²) < 4.78 is 23.2. The second-order valence-corrected chi connectivity index (χ2v) is 7.43. The molecule has 1 unspecified atom stereocenters. The fraction of sp³-hybridized carbons (Fsp3) is 0.304. The first-order valence-electron chi connectivity index (χ1n) is 10.6. The quantitative estimate of drug-likeness (QED) is 0.365. The molecule has 1 heterocycles. The van der Waals surface area contributed by atoms with E-state index in [1.54, 1.807) is 41.2 Å². The zero-order chi connectivity index (χ0) is 25.5. The summed E-state index contributed by atoms with van der Waals surface area (Å²) >= 11 is 0. The first kappa shape index (κ1) is 25.3. The van der Waals surface area contributed by atoms with E-state index in [1.165, 1.54) is 28.4 Å². The molecule has 0 bridgehead atoms. The van der Waals surface area contributed by atoms with E-state index in [4.69, 9.17) is 30.4 Å². The molecule has 2 amide bonds. The molecule has 0 spiro atoms. The Balaban J connectivity index is 1.98. The molecule has 5 N–H and O–H groups in total. The molecule has 0 aliphatic heterocycles. The smallest absolute Gasteiger partial charge is 0.241 e. The number of nitrogens with one attached hydrogen (secondary N) is 1. The molecule has 0 aliphatic rings. The molecule has 0 radical (unpaired) electrons. The summed E-state index contributed by atoms with van der Waals surface area (Å²) in [7, 11) is 6.05. The van der Waals surface area contributed by atoms with E-state index in [-0.39, 0.29) is 12.8 Å². The van der Waals surface area contributed by atoms with Gasteiger partial charge in [0.05, 0.1) is 57.7 Å². The zero-order valence-electron chi connectivity index (χ0n) is 19.9. The summed E-state index contributed by atoms with van der Waals surface area (Å²) in [6, 6.07) is 7.78. The minimum absolute atomic E-state index is 0.00536. The van der Waals surface area contributed by atoms with Gasteiger partial charge in [0.25, 0.3) is 0 Å². The third-order valence-electron chi connectivity index (χ3n) is 5.23. The van der Waals surface area contributed by atoms with Gasteiger partial charge in [-0.25, -0.2) is 4.68 Å². The Morgan fingerprint density at radius 3 is 2.23 bits per heavy atom. The van der Waals surface area contributed by atoms with Gasteiger partial charge in [-0.2, -0.15) is 0 Å². The number of carbonyl (C=O) groups excluding carboxylic acids is 2. The van der Waals surface area contributed by atoms with Crippen LogP contribution in [0.25, 0.3) is 16.9 Å². The molecule has 2 aromatic carbocycles. The van der Waals surface area contributed by atoms with Crippen molar-refractivity contribution in [3.05, 3.63) is 36.5 Å². The summed E-state index contributed by atoms with van der Waals surface area (Å²) in [6.45, 7) is 0. The summed E-state index contributed by atoms with van der Waals surface area (Å²) in [5, 5.41) is 11.0. The van der Waals surface area contributed by atoms with Crippen LogP contribution in [0.3, 0.4) is 0 Å². The van der Waals surface area contributed by atoms with Gasteiger partial charge in [-0.05, 0) is 24.6 Å². The largest absolute Gasteiger partial charge is 0.495 e. The molecule has 3 aromatic rings. The summed E-state index contributed by atoms with van der Waals surface area (Å²) in [6.07, 6.45) is 1.71. The van der Waals surface area contributed by atoms with E-state index >= 15 is 0 Å². The summed E-state index contributed by atoms with van der Waals surface area (Å²) in [5.74, 6) is 0.781. The van der Waals surface area contributed by atoms with Crippen LogP contribution in [0.2, 0.25) is 0 Å². The van der Waals surface area contributed by atoms with Crippen molar-refractivity contribution < 1.29 is 28.5 Å². The number of amides is 2. The molecule has 0 aliphatic carbocycles. The number of primary amides is 1. The summed E-state index contributed by atoms with van der Waals surface area (Å²) in [5.41, 5.74) is 13.4. The first-order valence-corrected chi connectivity index (χ1v) is 10.6. The number of aromatic nitrogens is 3. The van der Waals surface area contributed by atoms with Crippen molar-refractivity contribution in [3.63, 3.8) is 0 Å². The average molecular weight is 485 g/mol. The molecule has 0 fully saturated rings. The standard InChI is InChI=1S/C23H28N6O6/c1-32-18-7-5-13(9-16(18)27-23(31)15(24)6-8-21(25)30)17-12-26-28-29(17)14-10-19(33-2)22(35-4)20(11-14)34-3/h5,7,9-12,15H,6,8,24H2,1-4H3,(H2,25,30)(H,27,31). The van der Waals surface area contributed by atoms with E-state index in [2.05, 4.69) is 15.6 Å². The maximum atomic E-state index is 12.6. The van der Waals surface area contributed by atoms with Crippen LogP contribution < -0.4 is 35.7 Å². The topological polar surface area (TPSA) is 166 Å². The van der Waals surface area contributed by atoms with E-state index in [0.29, 0.717) is 45.6 Å². The molecule has 3 rings (SSSR count). The van der Waals surface area contributed by atoms with Crippen LogP contribution in [0.15, 0.2) is 36.5 Å².